The van der Waals surface area contributed by atoms with Crippen molar-refractivity contribution in [2.24, 2.45) is 0 Å². The lowest BCUT2D eigenvalue weighted by atomic mass is 9.80. The third-order valence-corrected chi connectivity index (χ3v) is 12.2. The number of hydrogen-bond donors (Lipinski definition) is 0. The van der Waals surface area contributed by atoms with E-state index in [0.29, 0.717) is 0 Å². The molecule has 0 aliphatic carbocycles. The minimum Gasteiger partial charge on any atom is -0.455 e. The van der Waals surface area contributed by atoms with Crippen molar-refractivity contribution in [1.82, 2.24) is 0 Å². The zero-order valence-electron chi connectivity index (χ0n) is 32.1. The molecule has 0 spiro atoms. The third kappa shape index (κ3) is 5.95. The van der Waals surface area contributed by atoms with Gasteiger partial charge in [0, 0.05) is 22.3 Å². The van der Waals surface area contributed by atoms with Crippen molar-refractivity contribution >= 4 is 54.3 Å². The molecule has 58 heavy (non-hydrogen) atoms. The molecule has 1 unspecified atom stereocenters. The Labute approximate surface area is 338 Å². The molecule has 0 radical (unpaired) electrons. The van der Waals surface area contributed by atoms with E-state index in [2.05, 4.69) is 206 Å². The number of benzene rings is 10. The molecule has 0 aliphatic heterocycles. The van der Waals surface area contributed by atoms with Gasteiger partial charge in [-0.25, -0.2) is 0 Å². The SMILES string of the molecule is c1ccc(-c2ccc3ccccc3c2)c(CCC(c2ccc(-c3cccc4c3oc3ccccc34)cc2)c2ccccc2-c2cc3ccccc3c3ccccc23)c1. The second-order valence-electron chi connectivity index (χ2n) is 15.5. The van der Waals surface area contributed by atoms with Crippen LogP contribution in [0.2, 0.25) is 0 Å². The summed E-state index contributed by atoms with van der Waals surface area (Å²) in [6.07, 6.45) is 1.88. The molecule has 0 saturated carbocycles. The van der Waals surface area contributed by atoms with Crippen LogP contribution in [0.15, 0.2) is 217 Å². The Morgan fingerprint density at radius 3 is 1.84 bits per heavy atom. The highest BCUT2D eigenvalue weighted by Gasteiger charge is 2.22. The van der Waals surface area contributed by atoms with Crippen molar-refractivity contribution in [3.63, 3.8) is 0 Å². The summed E-state index contributed by atoms with van der Waals surface area (Å²) >= 11 is 0. The number of hydrogen-bond acceptors (Lipinski definition) is 1. The first-order valence-corrected chi connectivity index (χ1v) is 20.3. The van der Waals surface area contributed by atoms with E-state index in [1.807, 2.05) is 6.07 Å². The Hall–Kier alpha value is -7.22. The second kappa shape index (κ2) is 14.4. The summed E-state index contributed by atoms with van der Waals surface area (Å²) in [5, 5.41) is 9.95. The Morgan fingerprint density at radius 1 is 0.362 bits per heavy atom. The fraction of sp³-hybridized carbons (Fsp3) is 0.0526. The van der Waals surface area contributed by atoms with Crippen molar-refractivity contribution < 1.29 is 4.42 Å². The molecule has 1 heterocycles. The Morgan fingerprint density at radius 2 is 0.983 bits per heavy atom. The zero-order chi connectivity index (χ0) is 38.4. The number of rotatable bonds is 8. The standard InChI is InChI=1S/C57H40O/c1-2-16-42-36-44(33-28-38(42)14-1)45-18-5-3-15-39(45)34-35-47(40-29-31-41(32-30-40)48-25-13-26-54-53-24-11-12-27-56(53)58-57(48)54)50-21-8-10-23-52(50)55-37-43-17-4-6-19-46(43)49-20-7-9-22-51(49)55/h1-33,36-37,47H,34-35H2. The second-order valence-corrected chi connectivity index (χ2v) is 15.5. The van der Waals surface area contributed by atoms with Gasteiger partial charge in [-0.15, -0.1) is 0 Å². The minimum atomic E-state index is 0.141. The van der Waals surface area contributed by atoms with Gasteiger partial charge in [0.15, 0.2) is 0 Å². The topological polar surface area (TPSA) is 13.1 Å². The largest absolute Gasteiger partial charge is 0.455 e. The highest BCUT2D eigenvalue weighted by molar-refractivity contribution is 6.14. The maximum atomic E-state index is 6.47. The molecule has 0 amide bonds. The summed E-state index contributed by atoms with van der Waals surface area (Å²) in [5.74, 6) is 0.141. The summed E-state index contributed by atoms with van der Waals surface area (Å²) in [6.45, 7) is 0. The van der Waals surface area contributed by atoms with E-state index in [4.69, 9.17) is 4.42 Å². The van der Waals surface area contributed by atoms with E-state index in [1.54, 1.807) is 0 Å². The molecule has 11 aromatic rings. The van der Waals surface area contributed by atoms with Gasteiger partial charge in [0.2, 0.25) is 0 Å². The van der Waals surface area contributed by atoms with Crippen LogP contribution in [-0.2, 0) is 6.42 Å². The van der Waals surface area contributed by atoms with Gasteiger partial charge in [0.05, 0.1) is 0 Å². The van der Waals surface area contributed by atoms with Gasteiger partial charge in [0.25, 0.3) is 0 Å². The van der Waals surface area contributed by atoms with Gasteiger partial charge in [-0.3, -0.25) is 0 Å². The van der Waals surface area contributed by atoms with Crippen LogP contribution in [0.25, 0.3) is 87.6 Å². The van der Waals surface area contributed by atoms with Gasteiger partial charge in [0.1, 0.15) is 11.2 Å². The molecule has 1 aromatic heterocycles. The van der Waals surface area contributed by atoms with Gasteiger partial charge >= 0.3 is 0 Å². The maximum absolute atomic E-state index is 6.47. The lowest BCUT2D eigenvalue weighted by Gasteiger charge is -2.24. The fourth-order valence-electron chi connectivity index (χ4n) is 9.37. The molecule has 0 N–H and O–H groups in total. The predicted octanol–water partition coefficient (Wildman–Crippen LogP) is 15.8. The van der Waals surface area contributed by atoms with Crippen LogP contribution in [0, 0.1) is 0 Å². The van der Waals surface area contributed by atoms with E-state index in [1.165, 1.54) is 71.3 Å². The molecule has 0 saturated heterocycles. The van der Waals surface area contributed by atoms with Crippen molar-refractivity contribution in [2.45, 2.75) is 18.8 Å². The van der Waals surface area contributed by atoms with Crippen LogP contribution in [0.5, 0.6) is 0 Å². The highest BCUT2D eigenvalue weighted by atomic mass is 16.3. The smallest absolute Gasteiger partial charge is 0.143 e. The first kappa shape index (κ1) is 34.1. The van der Waals surface area contributed by atoms with Crippen molar-refractivity contribution in [1.29, 1.82) is 0 Å². The van der Waals surface area contributed by atoms with Gasteiger partial charge in [-0.05, 0) is 108 Å². The first-order valence-electron chi connectivity index (χ1n) is 20.3. The van der Waals surface area contributed by atoms with Gasteiger partial charge in [-0.1, -0.05) is 194 Å². The molecule has 10 aromatic carbocycles. The van der Waals surface area contributed by atoms with Crippen LogP contribution in [0.4, 0.5) is 0 Å². The Balaban J connectivity index is 1.04. The fourth-order valence-corrected chi connectivity index (χ4v) is 9.37. The van der Waals surface area contributed by atoms with E-state index in [-0.39, 0.29) is 5.92 Å². The summed E-state index contributed by atoms with van der Waals surface area (Å²) in [5.41, 5.74) is 13.3. The maximum Gasteiger partial charge on any atom is 0.143 e. The minimum absolute atomic E-state index is 0.141. The summed E-state index contributed by atoms with van der Waals surface area (Å²) in [6, 6.07) is 77.8. The van der Waals surface area contributed by atoms with E-state index >= 15 is 0 Å². The van der Waals surface area contributed by atoms with Gasteiger partial charge in [-0.2, -0.15) is 0 Å². The van der Waals surface area contributed by atoms with E-state index in [9.17, 15) is 0 Å². The molecule has 274 valence electrons. The number of aryl methyl sites for hydroxylation is 1. The first-order chi connectivity index (χ1) is 28.8. The number of para-hydroxylation sites is 2. The Bertz CT molecular complexity index is 3290. The molecule has 0 bridgehead atoms. The Kier molecular flexibility index (Phi) is 8.44. The molecule has 11 rings (SSSR count). The van der Waals surface area contributed by atoms with Crippen LogP contribution in [-0.4, -0.2) is 0 Å². The van der Waals surface area contributed by atoms with Crippen LogP contribution < -0.4 is 0 Å². The van der Waals surface area contributed by atoms with E-state index in [0.717, 1.165) is 45.9 Å². The van der Waals surface area contributed by atoms with Crippen molar-refractivity contribution in [3.8, 4) is 33.4 Å². The van der Waals surface area contributed by atoms with Crippen LogP contribution >= 0.6 is 0 Å². The van der Waals surface area contributed by atoms with Crippen molar-refractivity contribution in [2.75, 3.05) is 0 Å². The summed E-state index contributed by atoms with van der Waals surface area (Å²) < 4.78 is 6.47. The lowest BCUT2D eigenvalue weighted by molar-refractivity contribution is 0.670. The van der Waals surface area contributed by atoms with Gasteiger partial charge < -0.3 is 4.42 Å². The van der Waals surface area contributed by atoms with Crippen molar-refractivity contribution in [3.05, 3.63) is 229 Å². The zero-order valence-corrected chi connectivity index (χ0v) is 32.1. The molecular weight excluding hydrogens is 701 g/mol. The highest BCUT2D eigenvalue weighted by Crippen LogP contribution is 2.43. The lowest BCUT2D eigenvalue weighted by Crippen LogP contribution is -2.06. The third-order valence-electron chi connectivity index (χ3n) is 12.2. The number of fused-ring (bicyclic) bond motifs is 7. The normalized spacial score (nSPS) is 12.2. The summed E-state index contributed by atoms with van der Waals surface area (Å²) in [7, 11) is 0. The average Bonchev–Trinajstić information content (AvgIpc) is 3.68. The molecule has 0 aliphatic rings. The van der Waals surface area contributed by atoms with Crippen LogP contribution in [0.3, 0.4) is 0 Å². The van der Waals surface area contributed by atoms with E-state index < -0.39 is 0 Å². The quantitative estimate of drug-likeness (QED) is 0.141. The molecular formula is C57H40O. The predicted molar refractivity (Wildman–Crippen MR) is 246 cm³/mol. The molecule has 1 atom stereocenters. The summed E-state index contributed by atoms with van der Waals surface area (Å²) in [4.78, 5) is 0. The van der Waals surface area contributed by atoms with Crippen LogP contribution in [0.1, 0.15) is 29.0 Å². The average molecular weight is 741 g/mol. The monoisotopic (exact) mass is 740 g/mol. The molecule has 1 nitrogen and oxygen atoms in total. The molecule has 0 fully saturated rings. The molecule has 1 heteroatoms. The number of furan rings is 1.